The Morgan fingerprint density at radius 1 is 1.57 bits per heavy atom. The van der Waals surface area contributed by atoms with Gasteiger partial charge in [-0.2, -0.15) is 0 Å². The van der Waals surface area contributed by atoms with Crippen LogP contribution in [0.4, 0.5) is 0 Å². The third kappa shape index (κ3) is 2.59. The van der Waals surface area contributed by atoms with Gasteiger partial charge in [-0.15, -0.1) is 5.10 Å². The lowest BCUT2D eigenvalue weighted by molar-refractivity contribution is 0.704. The summed E-state index contributed by atoms with van der Waals surface area (Å²) in [6.07, 6.45) is 5.33. The Morgan fingerprint density at radius 3 is 2.86 bits per heavy atom. The molecule has 0 unspecified atom stereocenters. The highest BCUT2D eigenvalue weighted by Gasteiger charge is 2.05. The molecule has 0 amide bonds. The van der Waals surface area contributed by atoms with Gasteiger partial charge in [0.2, 0.25) is 0 Å². The van der Waals surface area contributed by atoms with E-state index in [-0.39, 0.29) is 0 Å². The molecule has 14 heavy (non-hydrogen) atoms. The van der Waals surface area contributed by atoms with Crippen LogP contribution in [0.15, 0.2) is 22.1 Å². The fourth-order valence-corrected chi connectivity index (χ4v) is 1.04. The molecule has 1 heterocycles. The van der Waals surface area contributed by atoms with Gasteiger partial charge in [-0.1, -0.05) is 22.0 Å². The Morgan fingerprint density at radius 2 is 2.36 bits per heavy atom. The first-order valence-corrected chi connectivity index (χ1v) is 4.89. The average Bonchev–Trinajstić information content (AvgIpc) is 2.59. The Bertz CT molecular complexity index is 377. The first kappa shape index (κ1) is 10.8. The average molecular weight is 256 g/mol. The lowest BCUT2D eigenvalue weighted by atomic mass is 10.4. The third-order valence-corrected chi connectivity index (χ3v) is 1.75. The van der Waals surface area contributed by atoms with Crippen molar-refractivity contribution in [2.24, 2.45) is 12.0 Å². The van der Waals surface area contributed by atoms with E-state index in [0.717, 1.165) is 5.70 Å². The summed E-state index contributed by atoms with van der Waals surface area (Å²) in [6.45, 7) is 1.84. The second-order valence-electron chi connectivity index (χ2n) is 2.38. The van der Waals surface area contributed by atoms with Crippen LogP contribution in [0.3, 0.4) is 0 Å². The number of hydrogen-bond acceptors (Lipinski definition) is 4. The Balaban J connectivity index is 3.06. The van der Waals surface area contributed by atoms with Crippen molar-refractivity contribution in [2.75, 3.05) is 0 Å². The molecule has 0 bridgehead atoms. The number of halogens is 1. The summed E-state index contributed by atoms with van der Waals surface area (Å²) in [6, 6.07) is 0. The van der Waals surface area contributed by atoms with Crippen molar-refractivity contribution in [1.29, 1.82) is 0 Å². The standard InChI is InChI=1S/C8H10BrN5/c1-3-10-7(5-4-6-9)8-11-12-13-14(8)2/h3-6H,1-2H3/b6-4+,7-5-,10-3?. The zero-order valence-electron chi connectivity index (χ0n) is 7.92. The number of rotatable bonds is 3. The number of nitrogens with zero attached hydrogens (tertiary/aromatic N) is 5. The fourth-order valence-electron chi connectivity index (χ4n) is 0.888. The van der Waals surface area contributed by atoms with Crippen molar-refractivity contribution in [2.45, 2.75) is 6.92 Å². The molecule has 0 saturated carbocycles. The molecular weight excluding hydrogens is 246 g/mol. The lowest BCUT2D eigenvalue weighted by Crippen LogP contribution is -1.97. The summed E-state index contributed by atoms with van der Waals surface area (Å²) in [5, 5.41) is 11.1. The Kier molecular flexibility index (Phi) is 4.18. The highest BCUT2D eigenvalue weighted by Crippen LogP contribution is 2.10. The Labute approximate surface area is 90.4 Å². The summed E-state index contributed by atoms with van der Waals surface area (Å²) < 4.78 is 1.57. The molecule has 1 rings (SSSR count). The van der Waals surface area contributed by atoms with Gasteiger partial charge in [0.25, 0.3) is 0 Å². The van der Waals surface area contributed by atoms with E-state index in [1.54, 1.807) is 22.9 Å². The van der Waals surface area contributed by atoms with Gasteiger partial charge in [-0.25, -0.2) is 4.68 Å². The van der Waals surface area contributed by atoms with E-state index in [1.807, 2.05) is 19.1 Å². The lowest BCUT2D eigenvalue weighted by Gasteiger charge is -1.96. The summed E-state index contributed by atoms with van der Waals surface area (Å²) in [5.74, 6) is 0.633. The van der Waals surface area contributed by atoms with Crippen LogP contribution in [0.5, 0.6) is 0 Å². The van der Waals surface area contributed by atoms with Gasteiger partial charge in [-0.05, 0) is 28.4 Å². The highest BCUT2D eigenvalue weighted by molar-refractivity contribution is 9.11. The molecule has 0 aliphatic carbocycles. The molecule has 0 fully saturated rings. The smallest absolute Gasteiger partial charge is 0.200 e. The molecule has 0 N–H and O–H groups in total. The van der Waals surface area contributed by atoms with Crippen molar-refractivity contribution in [1.82, 2.24) is 20.2 Å². The van der Waals surface area contributed by atoms with Gasteiger partial charge in [0.15, 0.2) is 5.82 Å². The summed E-state index contributed by atoms with van der Waals surface area (Å²) >= 11 is 3.18. The third-order valence-electron chi connectivity index (χ3n) is 1.44. The van der Waals surface area contributed by atoms with Crippen molar-refractivity contribution in [3.8, 4) is 0 Å². The largest absolute Gasteiger partial charge is 0.258 e. The van der Waals surface area contributed by atoms with Gasteiger partial charge in [0.1, 0.15) is 5.70 Å². The van der Waals surface area contributed by atoms with Crippen LogP contribution in [-0.2, 0) is 7.05 Å². The number of hydrogen-bond donors (Lipinski definition) is 0. The second-order valence-corrected chi connectivity index (χ2v) is 2.91. The topological polar surface area (TPSA) is 56.0 Å². The molecule has 0 aromatic carbocycles. The van der Waals surface area contributed by atoms with Gasteiger partial charge >= 0.3 is 0 Å². The van der Waals surface area contributed by atoms with Gasteiger partial charge in [-0.3, -0.25) is 4.99 Å². The minimum absolute atomic E-state index is 0.633. The predicted octanol–water partition coefficient (Wildman–Crippen LogP) is 1.55. The molecule has 1 aromatic heterocycles. The maximum absolute atomic E-state index is 4.17. The monoisotopic (exact) mass is 255 g/mol. The predicted molar refractivity (Wildman–Crippen MR) is 59.0 cm³/mol. The van der Waals surface area contributed by atoms with Crippen LogP contribution in [0.2, 0.25) is 0 Å². The molecule has 0 spiro atoms. The number of aliphatic imine (C=N–C) groups is 1. The van der Waals surface area contributed by atoms with Crippen LogP contribution >= 0.6 is 15.9 Å². The molecule has 6 heteroatoms. The normalized spacial score (nSPS) is 13.2. The summed E-state index contributed by atoms with van der Waals surface area (Å²) in [5.41, 5.74) is 0.718. The van der Waals surface area contributed by atoms with Gasteiger partial charge < -0.3 is 0 Å². The molecule has 5 nitrogen and oxygen atoms in total. The van der Waals surface area contributed by atoms with Crippen molar-refractivity contribution < 1.29 is 0 Å². The number of allylic oxidation sites excluding steroid dienone is 2. The molecule has 0 atom stereocenters. The molecule has 1 aromatic rings. The van der Waals surface area contributed by atoms with Gasteiger partial charge in [0.05, 0.1) is 0 Å². The first-order chi connectivity index (χ1) is 6.79. The van der Waals surface area contributed by atoms with E-state index in [2.05, 4.69) is 36.4 Å². The molecule has 0 aliphatic rings. The van der Waals surface area contributed by atoms with Crippen molar-refractivity contribution in [3.63, 3.8) is 0 Å². The molecular formula is C8H10BrN5. The SMILES string of the molecule is CC=N/C(=C\C=C\Br)c1nnnn1C. The van der Waals surface area contributed by atoms with Gasteiger partial charge in [0, 0.05) is 13.3 Å². The molecule has 74 valence electrons. The van der Waals surface area contributed by atoms with E-state index >= 15 is 0 Å². The molecule has 0 aliphatic heterocycles. The van der Waals surface area contributed by atoms with Crippen LogP contribution in [0, 0.1) is 0 Å². The highest BCUT2D eigenvalue weighted by atomic mass is 79.9. The quantitative estimate of drug-likeness (QED) is 0.609. The van der Waals surface area contributed by atoms with E-state index in [4.69, 9.17) is 0 Å². The van der Waals surface area contributed by atoms with Crippen LogP contribution in [0.25, 0.3) is 5.70 Å². The Hall–Kier alpha value is -1.30. The van der Waals surface area contributed by atoms with E-state index in [1.165, 1.54) is 0 Å². The summed E-state index contributed by atoms with van der Waals surface area (Å²) in [7, 11) is 1.77. The zero-order valence-corrected chi connectivity index (χ0v) is 9.51. The first-order valence-electron chi connectivity index (χ1n) is 3.98. The molecule has 0 saturated heterocycles. The number of tetrazole rings is 1. The van der Waals surface area contributed by atoms with Crippen molar-refractivity contribution in [3.05, 3.63) is 23.0 Å². The van der Waals surface area contributed by atoms with E-state index < -0.39 is 0 Å². The van der Waals surface area contributed by atoms with E-state index in [9.17, 15) is 0 Å². The van der Waals surface area contributed by atoms with Crippen LogP contribution in [-0.4, -0.2) is 26.4 Å². The maximum Gasteiger partial charge on any atom is 0.200 e. The van der Waals surface area contributed by atoms with Crippen LogP contribution < -0.4 is 0 Å². The van der Waals surface area contributed by atoms with Crippen LogP contribution in [0.1, 0.15) is 12.7 Å². The molecule has 0 radical (unpaired) electrons. The maximum atomic E-state index is 4.17. The fraction of sp³-hybridized carbons (Fsp3) is 0.250. The van der Waals surface area contributed by atoms with Crippen molar-refractivity contribution >= 4 is 27.8 Å². The minimum atomic E-state index is 0.633. The number of aromatic nitrogens is 4. The summed E-state index contributed by atoms with van der Waals surface area (Å²) in [4.78, 5) is 5.90. The second kappa shape index (κ2) is 5.43. The minimum Gasteiger partial charge on any atom is -0.258 e. The zero-order chi connectivity index (χ0) is 10.4. The number of aryl methyl sites for hydroxylation is 1. The van der Waals surface area contributed by atoms with E-state index in [0.29, 0.717) is 5.82 Å².